The molecular formula is C14H25N3S. The molecule has 1 atom stereocenters. The molecule has 1 aliphatic carbocycles. The van der Waals surface area contributed by atoms with Crippen molar-refractivity contribution >= 4 is 11.3 Å². The van der Waals surface area contributed by atoms with Crippen molar-refractivity contribution in [1.29, 1.82) is 0 Å². The summed E-state index contributed by atoms with van der Waals surface area (Å²) in [6, 6.07) is 0.502. The molecule has 1 aromatic heterocycles. The van der Waals surface area contributed by atoms with Crippen molar-refractivity contribution < 1.29 is 0 Å². The molecule has 0 saturated carbocycles. The molecule has 1 aromatic rings. The van der Waals surface area contributed by atoms with E-state index in [2.05, 4.69) is 45.1 Å². The molecule has 102 valence electrons. The van der Waals surface area contributed by atoms with Gasteiger partial charge in [0.2, 0.25) is 0 Å². The van der Waals surface area contributed by atoms with Gasteiger partial charge < -0.3 is 10.2 Å². The van der Waals surface area contributed by atoms with E-state index in [1.54, 1.807) is 0 Å². The molecule has 0 fully saturated rings. The zero-order chi connectivity index (χ0) is 13.3. The van der Waals surface area contributed by atoms with Gasteiger partial charge in [-0.1, -0.05) is 20.8 Å². The Bertz CT molecular complexity index is 409. The lowest BCUT2D eigenvalue weighted by atomic mass is 9.76. The van der Waals surface area contributed by atoms with Gasteiger partial charge in [-0.05, 0) is 38.9 Å². The van der Waals surface area contributed by atoms with Gasteiger partial charge in [-0.15, -0.1) is 11.3 Å². The number of thiazole rings is 1. The van der Waals surface area contributed by atoms with Crippen LogP contribution in [0.2, 0.25) is 0 Å². The molecule has 0 bridgehead atoms. The zero-order valence-corrected chi connectivity index (χ0v) is 13.0. The van der Waals surface area contributed by atoms with E-state index in [0.29, 0.717) is 11.5 Å². The number of fused-ring (bicyclic) bond motifs is 1. The monoisotopic (exact) mass is 267 g/mol. The van der Waals surface area contributed by atoms with Crippen molar-refractivity contribution in [2.24, 2.45) is 5.41 Å². The highest BCUT2D eigenvalue weighted by atomic mass is 32.1. The van der Waals surface area contributed by atoms with Crippen LogP contribution in [0.25, 0.3) is 0 Å². The summed E-state index contributed by atoms with van der Waals surface area (Å²) >= 11 is 1.90. The average molecular weight is 267 g/mol. The number of hydrogen-bond donors (Lipinski definition) is 1. The maximum atomic E-state index is 4.86. The van der Waals surface area contributed by atoms with Gasteiger partial charge in [0, 0.05) is 17.5 Å². The van der Waals surface area contributed by atoms with Crippen LogP contribution in [0.1, 0.15) is 48.8 Å². The fourth-order valence-electron chi connectivity index (χ4n) is 2.73. The molecule has 0 amide bonds. The SMILES string of the molecule is CCNC1CC(C)(C)Cc2nc(CN(C)C)sc21. The fraction of sp³-hybridized carbons (Fsp3) is 0.786. The summed E-state index contributed by atoms with van der Waals surface area (Å²) < 4.78 is 0. The Balaban J connectivity index is 2.27. The van der Waals surface area contributed by atoms with Crippen molar-refractivity contribution in [3.8, 4) is 0 Å². The summed E-state index contributed by atoms with van der Waals surface area (Å²) in [6.45, 7) is 8.87. The van der Waals surface area contributed by atoms with Crippen LogP contribution in [0.15, 0.2) is 0 Å². The Labute approximate surface area is 115 Å². The maximum absolute atomic E-state index is 4.86. The molecule has 0 aliphatic heterocycles. The Morgan fingerprint density at radius 1 is 1.44 bits per heavy atom. The quantitative estimate of drug-likeness (QED) is 0.909. The second-order valence-electron chi connectivity index (χ2n) is 6.31. The number of nitrogens with zero attached hydrogens (tertiary/aromatic N) is 2. The maximum Gasteiger partial charge on any atom is 0.107 e. The minimum atomic E-state index is 0.364. The lowest BCUT2D eigenvalue weighted by Gasteiger charge is -2.34. The summed E-state index contributed by atoms with van der Waals surface area (Å²) in [6.07, 6.45) is 2.34. The summed E-state index contributed by atoms with van der Waals surface area (Å²) in [4.78, 5) is 8.53. The van der Waals surface area contributed by atoms with E-state index in [1.165, 1.54) is 22.0 Å². The van der Waals surface area contributed by atoms with Crippen LogP contribution >= 0.6 is 11.3 Å². The Kier molecular flexibility index (Phi) is 4.09. The molecule has 2 rings (SSSR count). The highest BCUT2D eigenvalue weighted by Gasteiger charge is 2.34. The Hall–Kier alpha value is -0.450. The third kappa shape index (κ3) is 3.11. The van der Waals surface area contributed by atoms with Crippen LogP contribution in [-0.2, 0) is 13.0 Å². The molecule has 1 heterocycles. The molecular weight excluding hydrogens is 242 g/mol. The van der Waals surface area contributed by atoms with Crippen LogP contribution in [0, 0.1) is 5.41 Å². The van der Waals surface area contributed by atoms with Crippen molar-refractivity contribution in [2.75, 3.05) is 20.6 Å². The van der Waals surface area contributed by atoms with E-state index >= 15 is 0 Å². The molecule has 18 heavy (non-hydrogen) atoms. The Morgan fingerprint density at radius 2 is 2.17 bits per heavy atom. The third-order valence-corrected chi connectivity index (χ3v) is 4.59. The van der Waals surface area contributed by atoms with E-state index in [1.807, 2.05) is 11.3 Å². The summed E-state index contributed by atoms with van der Waals surface area (Å²) in [5.41, 5.74) is 1.70. The average Bonchev–Trinajstić information content (AvgIpc) is 2.57. The molecule has 4 heteroatoms. The summed E-state index contributed by atoms with van der Waals surface area (Å²) in [5, 5.41) is 4.87. The van der Waals surface area contributed by atoms with E-state index in [4.69, 9.17) is 4.98 Å². The number of aromatic nitrogens is 1. The van der Waals surface area contributed by atoms with Crippen molar-refractivity contribution in [3.63, 3.8) is 0 Å². The van der Waals surface area contributed by atoms with Gasteiger partial charge >= 0.3 is 0 Å². The summed E-state index contributed by atoms with van der Waals surface area (Å²) in [7, 11) is 4.21. The van der Waals surface area contributed by atoms with Crippen LogP contribution < -0.4 is 5.32 Å². The van der Waals surface area contributed by atoms with Crippen LogP contribution in [0.5, 0.6) is 0 Å². The standard InChI is InChI=1S/C14H25N3S/c1-6-15-10-7-14(2,3)8-11-13(10)18-12(16-11)9-17(4)5/h10,15H,6-9H2,1-5H3. The summed E-state index contributed by atoms with van der Waals surface area (Å²) in [5.74, 6) is 0. The third-order valence-electron chi connectivity index (χ3n) is 3.39. The van der Waals surface area contributed by atoms with E-state index in [0.717, 1.165) is 19.5 Å². The predicted molar refractivity (Wildman–Crippen MR) is 78.0 cm³/mol. The van der Waals surface area contributed by atoms with Gasteiger partial charge in [-0.3, -0.25) is 0 Å². The van der Waals surface area contributed by atoms with E-state index < -0.39 is 0 Å². The van der Waals surface area contributed by atoms with Gasteiger partial charge in [-0.2, -0.15) is 0 Å². The van der Waals surface area contributed by atoms with E-state index in [9.17, 15) is 0 Å². The fourth-order valence-corrected chi connectivity index (χ4v) is 4.01. The lowest BCUT2D eigenvalue weighted by Crippen LogP contribution is -2.32. The molecule has 1 aliphatic rings. The predicted octanol–water partition coefficient (Wildman–Crippen LogP) is 2.83. The van der Waals surface area contributed by atoms with Gasteiger partial charge in [0.05, 0.1) is 5.69 Å². The number of nitrogens with one attached hydrogen (secondary N) is 1. The molecule has 0 saturated heterocycles. The first kappa shape index (κ1) is 14.0. The van der Waals surface area contributed by atoms with Gasteiger partial charge in [-0.25, -0.2) is 4.98 Å². The van der Waals surface area contributed by atoms with Crippen molar-refractivity contribution in [2.45, 2.75) is 46.2 Å². The largest absolute Gasteiger partial charge is 0.309 e. The second-order valence-corrected chi connectivity index (χ2v) is 7.43. The van der Waals surface area contributed by atoms with E-state index in [-0.39, 0.29) is 0 Å². The Morgan fingerprint density at radius 3 is 2.78 bits per heavy atom. The number of rotatable bonds is 4. The van der Waals surface area contributed by atoms with Crippen LogP contribution in [0.4, 0.5) is 0 Å². The highest BCUT2D eigenvalue weighted by molar-refractivity contribution is 7.11. The van der Waals surface area contributed by atoms with Gasteiger partial charge in [0.1, 0.15) is 5.01 Å². The van der Waals surface area contributed by atoms with Crippen molar-refractivity contribution in [3.05, 3.63) is 15.6 Å². The van der Waals surface area contributed by atoms with Crippen LogP contribution in [0.3, 0.4) is 0 Å². The minimum absolute atomic E-state index is 0.364. The first-order chi connectivity index (χ1) is 8.41. The first-order valence-electron chi connectivity index (χ1n) is 6.78. The lowest BCUT2D eigenvalue weighted by molar-refractivity contribution is 0.260. The molecule has 1 N–H and O–H groups in total. The zero-order valence-electron chi connectivity index (χ0n) is 12.2. The minimum Gasteiger partial charge on any atom is -0.309 e. The molecule has 3 nitrogen and oxygen atoms in total. The van der Waals surface area contributed by atoms with Crippen molar-refractivity contribution in [1.82, 2.24) is 15.2 Å². The molecule has 1 unspecified atom stereocenters. The first-order valence-corrected chi connectivity index (χ1v) is 7.59. The number of hydrogen-bond acceptors (Lipinski definition) is 4. The smallest absolute Gasteiger partial charge is 0.107 e. The van der Waals surface area contributed by atoms with Gasteiger partial charge in [0.15, 0.2) is 0 Å². The highest BCUT2D eigenvalue weighted by Crippen LogP contribution is 2.43. The second kappa shape index (κ2) is 5.27. The molecule has 0 radical (unpaired) electrons. The van der Waals surface area contributed by atoms with Crippen LogP contribution in [-0.4, -0.2) is 30.5 Å². The normalized spacial score (nSPS) is 22.2. The molecule has 0 spiro atoms. The molecule has 0 aromatic carbocycles. The van der Waals surface area contributed by atoms with Gasteiger partial charge in [0.25, 0.3) is 0 Å². The topological polar surface area (TPSA) is 28.2 Å².